The van der Waals surface area contributed by atoms with Crippen molar-refractivity contribution in [2.45, 2.75) is 0 Å². The van der Waals surface area contributed by atoms with Crippen LogP contribution < -0.4 is 0 Å². The van der Waals surface area contributed by atoms with E-state index in [9.17, 15) is 14.4 Å². The lowest BCUT2D eigenvalue weighted by atomic mass is 10.0. The second-order valence-electron chi connectivity index (χ2n) is 3.26. The van der Waals surface area contributed by atoms with E-state index in [0.717, 1.165) is 6.08 Å². The maximum absolute atomic E-state index is 11.4. The normalized spacial score (nSPS) is 10.6. The summed E-state index contributed by atoms with van der Waals surface area (Å²) >= 11 is 0. The van der Waals surface area contributed by atoms with Crippen molar-refractivity contribution in [3.05, 3.63) is 42.0 Å². The number of aliphatic carboxylic acids is 2. The first kappa shape index (κ1) is 12.6. The van der Waals surface area contributed by atoms with Crippen LogP contribution in [-0.2, 0) is 14.4 Å². The summed E-state index contributed by atoms with van der Waals surface area (Å²) < 4.78 is 0. The fourth-order valence-electron chi connectivity index (χ4n) is 1.19. The molecule has 0 atom stereocenters. The van der Waals surface area contributed by atoms with E-state index in [-0.39, 0.29) is 0 Å². The first-order valence-electron chi connectivity index (χ1n) is 4.75. The predicted octanol–water partition coefficient (Wildman–Crippen LogP) is 1.05. The summed E-state index contributed by atoms with van der Waals surface area (Å²) in [7, 11) is 0. The van der Waals surface area contributed by atoms with E-state index in [4.69, 9.17) is 10.2 Å². The third kappa shape index (κ3) is 3.57. The van der Waals surface area contributed by atoms with Crippen LogP contribution in [0.4, 0.5) is 0 Å². The van der Waals surface area contributed by atoms with Crippen LogP contribution in [0.1, 0.15) is 5.56 Å². The molecule has 88 valence electrons. The minimum atomic E-state index is -2.05. The van der Waals surface area contributed by atoms with Crippen LogP contribution in [0, 0.1) is 5.92 Å². The lowest BCUT2D eigenvalue weighted by molar-refractivity contribution is -0.156. The molecule has 5 heteroatoms. The first-order chi connectivity index (χ1) is 8.02. The summed E-state index contributed by atoms with van der Waals surface area (Å²) in [6.07, 6.45) is 2.34. The van der Waals surface area contributed by atoms with Gasteiger partial charge in [-0.1, -0.05) is 36.4 Å². The lowest BCUT2D eigenvalue weighted by Crippen LogP contribution is -2.30. The van der Waals surface area contributed by atoms with Crippen LogP contribution in [0.2, 0.25) is 0 Å². The molecule has 2 N–H and O–H groups in total. The van der Waals surface area contributed by atoms with Crippen molar-refractivity contribution >= 4 is 23.8 Å². The van der Waals surface area contributed by atoms with Crippen molar-refractivity contribution in [3.63, 3.8) is 0 Å². The Morgan fingerprint density at radius 2 is 1.53 bits per heavy atom. The maximum Gasteiger partial charge on any atom is 0.325 e. The van der Waals surface area contributed by atoms with Gasteiger partial charge >= 0.3 is 11.9 Å². The molecule has 0 aliphatic carbocycles. The average Bonchev–Trinajstić information content (AvgIpc) is 2.27. The van der Waals surface area contributed by atoms with Crippen LogP contribution >= 0.6 is 0 Å². The number of hydrogen-bond acceptors (Lipinski definition) is 3. The van der Waals surface area contributed by atoms with Gasteiger partial charge in [-0.3, -0.25) is 14.4 Å². The highest BCUT2D eigenvalue weighted by Crippen LogP contribution is 2.05. The van der Waals surface area contributed by atoms with Crippen LogP contribution in [0.25, 0.3) is 6.08 Å². The second-order valence-corrected chi connectivity index (χ2v) is 3.26. The molecule has 0 amide bonds. The highest BCUT2D eigenvalue weighted by atomic mass is 16.4. The van der Waals surface area contributed by atoms with Gasteiger partial charge < -0.3 is 10.2 Å². The average molecular weight is 234 g/mol. The molecule has 0 aromatic heterocycles. The minimum absolute atomic E-state index is 0.690. The molecule has 0 spiro atoms. The molecule has 0 radical (unpaired) electrons. The zero-order valence-electron chi connectivity index (χ0n) is 8.74. The standard InChI is InChI=1S/C12H10O5/c13-9(10(11(14)15)12(16)17)7-6-8-4-2-1-3-5-8/h1-7,10H,(H,14,15)(H,16,17). The van der Waals surface area contributed by atoms with Gasteiger partial charge in [0.05, 0.1) is 0 Å². The minimum Gasteiger partial charge on any atom is -0.480 e. The van der Waals surface area contributed by atoms with Crippen molar-refractivity contribution < 1.29 is 24.6 Å². The Morgan fingerprint density at radius 3 is 2.00 bits per heavy atom. The topological polar surface area (TPSA) is 91.7 Å². The molecule has 0 aliphatic rings. The highest BCUT2D eigenvalue weighted by Gasteiger charge is 2.31. The summed E-state index contributed by atoms with van der Waals surface area (Å²) in [5.74, 6) is -6.34. The van der Waals surface area contributed by atoms with Gasteiger partial charge in [-0.2, -0.15) is 0 Å². The third-order valence-corrected chi connectivity index (χ3v) is 2.02. The Hall–Kier alpha value is -2.43. The zero-order valence-corrected chi connectivity index (χ0v) is 8.74. The molecule has 0 unspecified atom stereocenters. The number of carboxylic acid groups (broad SMARTS) is 2. The van der Waals surface area contributed by atoms with Crippen molar-refractivity contribution in [2.24, 2.45) is 5.92 Å². The molecular weight excluding hydrogens is 224 g/mol. The molecule has 0 bridgehead atoms. The summed E-state index contributed by atoms with van der Waals surface area (Å²) in [4.78, 5) is 32.5. The fourth-order valence-corrected chi connectivity index (χ4v) is 1.19. The zero-order chi connectivity index (χ0) is 12.8. The number of ketones is 1. The Bertz CT molecular complexity index is 447. The number of carbonyl (C=O) groups is 3. The van der Waals surface area contributed by atoms with E-state index in [1.165, 1.54) is 6.08 Å². The van der Waals surface area contributed by atoms with E-state index < -0.39 is 23.6 Å². The smallest absolute Gasteiger partial charge is 0.325 e. The predicted molar refractivity (Wildman–Crippen MR) is 59.2 cm³/mol. The molecule has 1 aromatic rings. The van der Waals surface area contributed by atoms with Crippen LogP contribution in [0.15, 0.2) is 36.4 Å². The second kappa shape index (κ2) is 5.60. The Kier molecular flexibility index (Phi) is 4.16. The number of hydrogen-bond donors (Lipinski definition) is 2. The van der Waals surface area contributed by atoms with Gasteiger partial charge in [0.15, 0.2) is 5.78 Å². The van der Waals surface area contributed by atoms with E-state index in [0.29, 0.717) is 5.56 Å². The van der Waals surface area contributed by atoms with E-state index in [1.807, 2.05) is 0 Å². The number of carboxylic acids is 2. The Balaban J connectivity index is 2.81. The molecule has 1 rings (SSSR count). The van der Waals surface area contributed by atoms with Gasteiger partial charge in [0.25, 0.3) is 0 Å². The first-order valence-corrected chi connectivity index (χ1v) is 4.75. The largest absolute Gasteiger partial charge is 0.480 e. The van der Waals surface area contributed by atoms with Gasteiger partial charge in [-0.25, -0.2) is 0 Å². The van der Waals surface area contributed by atoms with Gasteiger partial charge in [-0.05, 0) is 11.6 Å². The van der Waals surface area contributed by atoms with E-state index in [1.54, 1.807) is 30.3 Å². The SMILES string of the molecule is O=C(O)C(C(=O)O)C(=O)C=Cc1ccccc1. The molecule has 17 heavy (non-hydrogen) atoms. The van der Waals surface area contributed by atoms with Crippen molar-refractivity contribution in [2.75, 3.05) is 0 Å². The summed E-state index contributed by atoms with van der Waals surface area (Å²) in [6, 6.07) is 8.70. The summed E-state index contributed by atoms with van der Waals surface area (Å²) in [5.41, 5.74) is 0.690. The summed E-state index contributed by atoms with van der Waals surface area (Å²) in [6.45, 7) is 0. The van der Waals surface area contributed by atoms with Crippen LogP contribution in [0.5, 0.6) is 0 Å². The van der Waals surface area contributed by atoms with Crippen molar-refractivity contribution in [1.82, 2.24) is 0 Å². The Morgan fingerprint density at radius 1 is 1.00 bits per heavy atom. The summed E-state index contributed by atoms with van der Waals surface area (Å²) in [5, 5.41) is 17.2. The highest BCUT2D eigenvalue weighted by molar-refractivity contribution is 6.18. The fraction of sp³-hybridized carbons (Fsp3) is 0.0833. The Labute approximate surface area is 97.0 Å². The number of carbonyl (C=O) groups excluding carboxylic acids is 1. The van der Waals surface area contributed by atoms with Gasteiger partial charge in [0.1, 0.15) is 0 Å². The third-order valence-electron chi connectivity index (χ3n) is 2.02. The van der Waals surface area contributed by atoms with Crippen molar-refractivity contribution in [3.8, 4) is 0 Å². The van der Waals surface area contributed by atoms with Gasteiger partial charge in [-0.15, -0.1) is 0 Å². The van der Waals surface area contributed by atoms with Crippen molar-refractivity contribution in [1.29, 1.82) is 0 Å². The van der Waals surface area contributed by atoms with Crippen LogP contribution in [0.3, 0.4) is 0 Å². The molecular formula is C12H10O5. The van der Waals surface area contributed by atoms with Gasteiger partial charge in [0, 0.05) is 0 Å². The molecule has 0 aliphatic heterocycles. The number of allylic oxidation sites excluding steroid dienone is 1. The van der Waals surface area contributed by atoms with Gasteiger partial charge in [0.2, 0.25) is 5.92 Å². The monoisotopic (exact) mass is 234 g/mol. The lowest BCUT2D eigenvalue weighted by Gasteiger charge is -2.01. The molecule has 0 saturated carbocycles. The van der Waals surface area contributed by atoms with Crippen LogP contribution in [-0.4, -0.2) is 27.9 Å². The molecule has 0 heterocycles. The molecule has 5 nitrogen and oxygen atoms in total. The molecule has 0 saturated heterocycles. The van der Waals surface area contributed by atoms with E-state index in [2.05, 4.69) is 0 Å². The molecule has 0 fully saturated rings. The number of rotatable bonds is 5. The number of benzene rings is 1. The quantitative estimate of drug-likeness (QED) is 0.587. The molecule has 1 aromatic carbocycles. The van der Waals surface area contributed by atoms with E-state index >= 15 is 0 Å². The maximum atomic E-state index is 11.4.